The number of rotatable bonds is 3. The summed E-state index contributed by atoms with van der Waals surface area (Å²) in [4.78, 5) is 4.88. The van der Waals surface area contributed by atoms with E-state index in [1.165, 1.54) is 11.1 Å². The van der Waals surface area contributed by atoms with E-state index < -0.39 is 0 Å². The topological polar surface area (TPSA) is 39.9 Å². The van der Waals surface area contributed by atoms with Crippen molar-refractivity contribution in [1.82, 2.24) is 14.8 Å². The zero-order valence-electron chi connectivity index (χ0n) is 15.7. The number of ether oxygens (including phenoxy) is 1. The number of hydrogen-bond donors (Lipinski definition) is 0. The van der Waals surface area contributed by atoms with E-state index in [2.05, 4.69) is 43.3 Å². The second kappa shape index (κ2) is 6.97. The number of nitrogens with zero attached hydrogens (tertiary/aromatic N) is 3. The van der Waals surface area contributed by atoms with Crippen molar-refractivity contribution in [3.8, 4) is 11.4 Å². The molecule has 1 aromatic heterocycles. The molecule has 5 rings (SSSR count). The minimum Gasteiger partial charge on any atom is -0.483 e. The Morgan fingerprint density at radius 3 is 2.50 bits per heavy atom. The fourth-order valence-corrected chi connectivity index (χ4v) is 3.68. The van der Waals surface area contributed by atoms with Gasteiger partial charge in [0.2, 0.25) is 0 Å². The van der Waals surface area contributed by atoms with Crippen LogP contribution < -0.4 is 4.74 Å². The molecule has 1 aliphatic rings. The zero-order valence-corrected chi connectivity index (χ0v) is 15.7. The largest absolute Gasteiger partial charge is 0.483 e. The lowest BCUT2D eigenvalue weighted by molar-refractivity contribution is 0.208. The summed E-state index contributed by atoms with van der Waals surface area (Å²) < 4.78 is 8.36. The molecule has 1 atom stereocenters. The van der Waals surface area contributed by atoms with E-state index >= 15 is 0 Å². The van der Waals surface area contributed by atoms with Crippen LogP contribution in [0.15, 0.2) is 78.9 Å². The third-order valence-corrected chi connectivity index (χ3v) is 5.07. The van der Waals surface area contributed by atoms with Crippen molar-refractivity contribution in [2.24, 2.45) is 0 Å². The third-order valence-electron chi connectivity index (χ3n) is 5.07. The van der Waals surface area contributed by atoms with E-state index in [4.69, 9.17) is 14.8 Å². The number of hydrogen-bond acceptors (Lipinski definition) is 3. The minimum absolute atomic E-state index is 0.0855. The summed E-state index contributed by atoms with van der Waals surface area (Å²) in [7, 11) is 0. The highest BCUT2D eigenvalue weighted by atomic mass is 16.5. The van der Waals surface area contributed by atoms with Gasteiger partial charge in [0.15, 0.2) is 5.82 Å². The first-order chi connectivity index (χ1) is 13.8. The van der Waals surface area contributed by atoms with Crippen LogP contribution in [0.2, 0.25) is 0 Å². The summed E-state index contributed by atoms with van der Waals surface area (Å²) >= 11 is 0. The van der Waals surface area contributed by atoms with Crippen LogP contribution in [-0.4, -0.2) is 14.8 Å². The molecule has 0 N–H and O–H groups in total. The molecule has 0 aliphatic carbocycles. The molecule has 4 nitrogen and oxygen atoms in total. The standard InChI is InChI=1S/C24H21N3O/c1-17-12-13-21-20(14-17)27-24(16-22(28-21)19-10-6-3-7-11-19)25-23(26-27)15-18-8-4-2-5-9-18/h2-14,22H,15-16H2,1H3. The van der Waals surface area contributed by atoms with Crippen molar-refractivity contribution in [1.29, 1.82) is 0 Å². The van der Waals surface area contributed by atoms with Gasteiger partial charge in [-0.15, -0.1) is 0 Å². The minimum atomic E-state index is -0.0855. The molecule has 138 valence electrons. The summed E-state index contributed by atoms with van der Waals surface area (Å²) in [6.07, 6.45) is 1.32. The molecule has 28 heavy (non-hydrogen) atoms. The molecular formula is C24H21N3O. The Bertz CT molecular complexity index is 1100. The average molecular weight is 367 g/mol. The smallest absolute Gasteiger partial charge is 0.155 e. The molecule has 0 saturated heterocycles. The lowest BCUT2D eigenvalue weighted by Gasteiger charge is -2.17. The first-order valence-electron chi connectivity index (χ1n) is 9.57. The van der Waals surface area contributed by atoms with Crippen LogP contribution in [0.3, 0.4) is 0 Å². The number of aryl methyl sites for hydroxylation is 1. The second-order valence-corrected chi connectivity index (χ2v) is 7.21. The fraction of sp³-hybridized carbons (Fsp3) is 0.167. The van der Waals surface area contributed by atoms with Gasteiger partial charge in [0.25, 0.3) is 0 Å². The van der Waals surface area contributed by atoms with E-state index in [0.29, 0.717) is 6.42 Å². The van der Waals surface area contributed by atoms with Crippen LogP contribution in [0.25, 0.3) is 5.69 Å². The molecule has 1 aliphatic heterocycles. The van der Waals surface area contributed by atoms with Gasteiger partial charge < -0.3 is 4.74 Å². The maximum Gasteiger partial charge on any atom is 0.155 e. The molecule has 1 unspecified atom stereocenters. The molecule has 4 aromatic rings. The Hall–Kier alpha value is -3.40. The molecule has 2 heterocycles. The Morgan fingerprint density at radius 1 is 0.964 bits per heavy atom. The molecule has 4 heteroatoms. The van der Waals surface area contributed by atoms with Crippen LogP contribution in [0, 0.1) is 6.92 Å². The summed E-state index contributed by atoms with van der Waals surface area (Å²) in [6.45, 7) is 2.08. The van der Waals surface area contributed by atoms with Crippen LogP contribution >= 0.6 is 0 Å². The van der Waals surface area contributed by atoms with E-state index in [-0.39, 0.29) is 6.10 Å². The Labute approximate surface area is 164 Å². The molecule has 0 fully saturated rings. The van der Waals surface area contributed by atoms with Crippen LogP contribution in [-0.2, 0) is 12.8 Å². The predicted molar refractivity (Wildman–Crippen MR) is 109 cm³/mol. The second-order valence-electron chi connectivity index (χ2n) is 7.21. The van der Waals surface area contributed by atoms with Gasteiger partial charge in [-0.3, -0.25) is 0 Å². The van der Waals surface area contributed by atoms with Crippen molar-refractivity contribution in [3.05, 3.63) is 107 Å². The Morgan fingerprint density at radius 2 is 1.71 bits per heavy atom. The number of aromatic nitrogens is 3. The summed E-state index contributed by atoms with van der Waals surface area (Å²) in [5, 5.41) is 4.84. The van der Waals surface area contributed by atoms with Gasteiger partial charge in [-0.05, 0) is 35.7 Å². The highest BCUT2D eigenvalue weighted by Gasteiger charge is 2.26. The molecule has 0 bridgehead atoms. The Kier molecular flexibility index (Phi) is 4.17. The lowest BCUT2D eigenvalue weighted by Crippen LogP contribution is -2.10. The highest BCUT2D eigenvalue weighted by molar-refractivity contribution is 5.50. The SMILES string of the molecule is Cc1ccc2c(c1)-n1nc(Cc3ccccc3)nc1CC(c1ccccc1)O2. The fourth-order valence-electron chi connectivity index (χ4n) is 3.68. The molecular weight excluding hydrogens is 346 g/mol. The molecule has 3 aromatic carbocycles. The van der Waals surface area contributed by atoms with Crippen LogP contribution in [0.4, 0.5) is 0 Å². The highest BCUT2D eigenvalue weighted by Crippen LogP contribution is 2.34. The summed E-state index contributed by atoms with van der Waals surface area (Å²) in [6, 6.07) is 26.9. The van der Waals surface area contributed by atoms with Crippen molar-refractivity contribution < 1.29 is 4.74 Å². The lowest BCUT2D eigenvalue weighted by atomic mass is 10.1. The zero-order chi connectivity index (χ0) is 18.9. The monoisotopic (exact) mass is 367 g/mol. The maximum absolute atomic E-state index is 6.40. The van der Waals surface area contributed by atoms with Gasteiger partial charge >= 0.3 is 0 Å². The summed E-state index contributed by atoms with van der Waals surface area (Å²) in [5.74, 6) is 2.61. The first-order valence-corrected chi connectivity index (χ1v) is 9.57. The van der Waals surface area contributed by atoms with Gasteiger partial charge in [0.05, 0.1) is 0 Å². The molecule has 0 spiro atoms. The predicted octanol–water partition coefficient (Wildman–Crippen LogP) is 4.84. The van der Waals surface area contributed by atoms with E-state index in [9.17, 15) is 0 Å². The molecule has 0 saturated carbocycles. The number of fused-ring (bicyclic) bond motifs is 3. The van der Waals surface area contributed by atoms with Gasteiger partial charge in [-0.1, -0.05) is 66.7 Å². The van der Waals surface area contributed by atoms with Crippen molar-refractivity contribution in [2.75, 3.05) is 0 Å². The van der Waals surface area contributed by atoms with E-state index in [1.807, 2.05) is 47.1 Å². The third kappa shape index (κ3) is 3.18. The van der Waals surface area contributed by atoms with Crippen LogP contribution in [0.1, 0.15) is 34.4 Å². The van der Waals surface area contributed by atoms with Crippen molar-refractivity contribution in [3.63, 3.8) is 0 Å². The van der Waals surface area contributed by atoms with Gasteiger partial charge in [-0.2, -0.15) is 5.10 Å². The maximum atomic E-state index is 6.40. The van der Waals surface area contributed by atoms with E-state index in [0.717, 1.165) is 35.1 Å². The normalized spacial score (nSPS) is 15.2. The molecule has 0 radical (unpaired) electrons. The van der Waals surface area contributed by atoms with E-state index in [1.54, 1.807) is 0 Å². The summed E-state index contributed by atoms with van der Waals surface area (Å²) in [5.41, 5.74) is 4.49. The quantitative estimate of drug-likeness (QED) is 0.520. The average Bonchev–Trinajstić information content (AvgIpc) is 3.05. The van der Waals surface area contributed by atoms with Gasteiger partial charge in [-0.25, -0.2) is 9.67 Å². The Balaban J connectivity index is 1.59. The van der Waals surface area contributed by atoms with Crippen LogP contribution in [0.5, 0.6) is 5.75 Å². The first kappa shape index (κ1) is 16.8. The number of benzene rings is 3. The van der Waals surface area contributed by atoms with Gasteiger partial charge in [0.1, 0.15) is 23.4 Å². The van der Waals surface area contributed by atoms with Crippen molar-refractivity contribution >= 4 is 0 Å². The molecule has 0 amide bonds. The van der Waals surface area contributed by atoms with Crippen molar-refractivity contribution in [2.45, 2.75) is 25.9 Å². The van der Waals surface area contributed by atoms with Gasteiger partial charge in [0, 0.05) is 12.8 Å².